The largest absolute Gasteiger partial charge is 0.340 e. The van der Waals surface area contributed by atoms with Crippen LogP contribution in [0.5, 0.6) is 0 Å². The molecule has 3 N–H and O–H groups in total. The number of benzene rings is 2. The summed E-state index contributed by atoms with van der Waals surface area (Å²) in [6.07, 6.45) is 2.50. The molecule has 1 amide bonds. The van der Waals surface area contributed by atoms with Crippen LogP contribution in [0.25, 0.3) is 0 Å². The van der Waals surface area contributed by atoms with Gasteiger partial charge in [-0.25, -0.2) is 13.4 Å². The number of para-hydroxylation sites is 1. The number of nitrogens with one attached hydrogen (secondary N) is 3. The average Bonchev–Trinajstić information content (AvgIpc) is 2.64. The highest BCUT2D eigenvalue weighted by molar-refractivity contribution is 7.92. The lowest BCUT2D eigenvalue weighted by Crippen LogP contribution is -2.17. The van der Waals surface area contributed by atoms with Crippen LogP contribution in [0.2, 0.25) is 5.02 Å². The zero-order chi connectivity index (χ0) is 20.1. The maximum atomic E-state index is 12.6. The van der Waals surface area contributed by atoms with Crippen molar-refractivity contribution in [2.45, 2.75) is 0 Å². The molecule has 2 aromatic carbocycles. The Balaban J connectivity index is 1.75. The number of carbonyl (C=O) groups excluding carboxylic acids is 1. The standard InChI is InChI=1S/C19H17ClN4O3S/c1-28(26,27)24-17-9-7-13(20)11-16(17)19(25)23-15-8-10-18(21-12-15)22-14-5-3-2-4-6-14/h2-12,24H,1H3,(H,21,22)(H,23,25). The van der Waals surface area contributed by atoms with Crippen molar-refractivity contribution in [1.29, 1.82) is 0 Å². The minimum absolute atomic E-state index is 0.101. The van der Waals surface area contributed by atoms with E-state index in [1.165, 1.54) is 24.4 Å². The molecule has 0 saturated heterocycles. The highest BCUT2D eigenvalue weighted by atomic mass is 35.5. The van der Waals surface area contributed by atoms with Gasteiger partial charge < -0.3 is 10.6 Å². The van der Waals surface area contributed by atoms with Gasteiger partial charge in [0.2, 0.25) is 10.0 Å². The number of hydrogen-bond acceptors (Lipinski definition) is 5. The van der Waals surface area contributed by atoms with E-state index in [4.69, 9.17) is 11.6 Å². The summed E-state index contributed by atoms with van der Waals surface area (Å²) >= 11 is 5.96. The lowest BCUT2D eigenvalue weighted by Gasteiger charge is -2.12. The van der Waals surface area contributed by atoms with Crippen molar-refractivity contribution in [2.75, 3.05) is 21.6 Å². The molecule has 1 aromatic heterocycles. The topological polar surface area (TPSA) is 100 Å². The van der Waals surface area contributed by atoms with Gasteiger partial charge in [0.15, 0.2) is 0 Å². The summed E-state index contributed by atoms with van der Waals surface area (Å²) in [6, 6.07) is 17.3. The summed E-state index contributed by atoms with van der Waals surface area (Å²) in [6.45, 7) is 0. The van der Waals surface area contributed by atoms with Crippen molar-refractivity contribution in [3.8, 4) is 0 Å². The maximum absolute atomic E-state index is 12.6. The molecule has 0 bridgehead atoms. The second-order valence-electron chi connectivity index (χ2n) is 5.94. The van der Waals surface area contributed by atoms with Crippen molar-refractivity contribution < 1.29 is 13.2 Å². The van der Waals surface area contributed by atoms with E-state index < -0.39 is 15.9 Å². The fraction of sp³-hybridized carbons (Fsp3) is 0.0526. The molecule has 9 heteroatoms. The van der Waals surface area contributed by atoms with Gasteiger partial charge in [0.05, 0.1) is 29.4 Å². The lowest BCUT2D eigenvalue weighted by molar-refractivity contribution is 0.102. The number of carbonyl (C=O) groups is 1. The first-order valence-corrected chi connectivity index (χ1v) is 10.4. The number of anilines is 4. The fourth-order valence-electron chi connectivity index (χ4n) is 2.40. The Hall–Kier alpha value is -3.10. The van der Waals surface area contributed by atoms with Crippen LogP contribution < -0.4 is 15.4 Å². The van der Waals surface area contributed by atoms with Crippen molar-refractivity contribution in [1.82, 2.24) is 4.98 Å². The first-order chi connectivity index (χ1) is 13.3. The van der Waals surface area contributed by atoms with Crippen LogP contribution in [0.3, 0.4) is 0 Å². The monoisotopic (exact) mass is 416 g/mol. The van der Waals surface area contributed by atoms with E-state index in [-0.39, 0.29) is 11.3 Å². The Labute approximate surface area is 167 Å². The molecule has 0 fully saturated rings. The summed E-state index contributed by atoms with van der Waals surface area (Å²) in [4.78, 5) is 16.9. The van der Waals surface area contributed by atoms with Gasteiger partial charge in [-0.2, -0.15) is 0 Å². The van der Waals surface area contributed by atoms with Crippen LogP contribution in [0.15, 0.2) is 66.9 Å². The number of amides is 1. The molecular formula is C19H17ClN4O3S. The van der Waals surface area contributed by atoms with Crippen molar-refractivity contribution in [3.05, 3.63) is 77.4 Å². The summed E-state index contributed by atoms with van der Waals surface area (Å²) < 4.78 is 25.3. The third kappa shape index (κ3) is 5.45. The normalized spacial score (nSPS) is 10.9. The van der Waals surface area contributed by atoms with Gasteiger partial charge in [0.25, 0.3) is 5.91 Å². The Morgan fingerprint density at radius 2 is 1.75 bits per heavy atom. The van der Waals surface area contributed by atoms with Crippen LogP contribution >= 0.6 is 11.6 Å². The number of nitrogens with zero attached hydrogens (tertiary/aromatic N) is 1. The second-order valence-corrected chi connectivity index (χ2v) is 8.13. The number of pyridine rings is 1. The van der Waals surface area contributed by atoms with Crippen molar-refractivity contribution in [3.63, 3.8) is 0 Å². The summed E-state index contributed by atoms with van der Waals surface area (Å²) in [5, 5.41) is 6.13. The molecule has 0 aliphatic rings. The predicted molar refractivity (Wildman–Crippen MR) is 112 cm³/mol. The average molecular weight is 417 g/mol. The van der Waals surface area contributed by atoms with E-state index in [1.807, 2.05) is 30.3 Å². The number of aromatic nitrogens is 1. The molecule has 0 spiro atoms. The first kappa shape index (κ1) is 19.7. The Bertz CT molecular complexity index is 1090. The highest BCUT2D eigenvalue weighted by Gasteiger charge is 2.15. The zero-order valence-electron chi connectivity index (χ0n) is 14.8. The number of halogens is 1. The minimum atomic E-state index is -3.55. The minimum Gasteiger partial charge on any atom is -0.340 e. The first-order valence-electron chi connectivity index (χ1n) is 8.17. The SMILES string of the molecule is CS(=O)(=O)Nc1ccc(Cl)cc1C(=O)Nc1ccc(Nc2ccccc2)nc1. The molecule has 0 saturated carbocycles. The van der Waals surface area contributed by atoms with Gasteiger partial charge in [-0.15, -0.1) is 0 Å². The van der Waals surface area contributed by atoms with Crippen LogP contribution in [0, 0.1) is 0 Å². The smallest absolute Gasteiger partial charge is 0.257 e. The molecule has 3 aromatic rings. The molecule has 0 aliphatic heterocycles. The molecular weight excluding hydrogens is 400 g/mol. The Kier molecular flexibility index (Phi) is 5.81. The van der Waals surface area contributed by atoms with E-state index in [0.29, 0.717) is 16.5 Å². The molecule has 7 nitrogen and oxygen atoms in total. The number of hydrogen-bond donors (Lipinski definition) is 3. The van der Waals surface area contributed by atoms with E-state index in [1.54, 1.807) is 12.1 Å². The lowest BCUT2D eigenvalue weighted by atomic mass is 10.1. The van der Waals surface area contributed by atoms with E-state index in [0.717, 1.165) is 11.9 Å². The number of rotatable bonds is 6. The molecule has 0 aliphatic carbocycles. The van der Waals surface area contributed by atoms with Crippen LogP contribution in [-0.2, 0) is 10.0 Å². The molecule has 3 rings (SSSR count). The molecule has 0 atom stereocenters. The van der Waals surface area contributed by atoms with Crippen molar-refractivity contribution >= 4 is 50.4 Å². The third-order valence-corrected chi connectivity index (χ3v) is 4.41. The molecule has 1 heterocycles. The maximum Gasteiger partial charge on any atom is 0.257 e. The van der Waals surface area contributed by atoms with Gasteiger partial charge in [-0.3, -0.25) is 9.52 Å². The van der Waals surface area contributed by atoms with E-state index in [2.05, 4.69) is 20.3 Å². The van der Waals surface area contributed by atoms with Gasteiger partial charge >= 0.3 is 0 Å². The molecule has 0 unspecified atom stereocenters. The third-order valence-electron chi connectivity index (χ3n) is 3.59. The van der Waals surface area contributed by atoms with E-state index >= 15 is 0 Å². The fourth-order valence-corrected chi connectivity index (χ4v) is 3.15. The van der Waals surface area contributed by atoms with E-state index in [9.17, 15) is 13.2 Å². The van der Waals surface area contributed by atoms with Crippen LogP contribution in [0.4, 0.5) is 22.9 Å². The quantitative estimate of drug-likeness (QED) is 0.561. The Morgan fingerprint density at radius 3 is 2.39 bits per heavy atom. The number of sulfonamides is 1. The highest BCUT2D eigenvalue weighted by Crippen LogP contribution is 2.23. The van der Waals surface area contributed by atoms with Gasteiger partial charge in [0, 0.05) is 10.7 Å². The molecule has 144 valence electrons. The van der Waals surface area contributed by atoms with Crippen LogP contribution in [-0.4, -0.2) is 25.6 Å². The second kappa shape index (κ2) is 8.28. The molecule has 0 radical (unpaired) electrons. The van der Waals surface area contributed by atoms with Crippen LogP contribution in [0.1, 0.15) is 10.4 Å². The summed E-state index contributed by atoms with van der Waals surface area (Å²) in [5.74, 6) is 0.102. The predicted octanol–water partition coefficient (Wildman–Crippen LogP) is 4.10. The molecule has 28 heavy (non-hydrogen) atoms. The summed E-state index contributed by atoms with van der Waals surface area (Å²) in [7, 11) is -3.55. The van der Waals surface area contributed by atoms with Gasteiger partial charge in [-0.1, -0.05) is 29.8 Å². The summed E-state index contributed by atoms with van der Waals surface area (Å²) in [5.41, 5.74) is 1.58. The zero-order valence-corrected chi connectivity index (χ0v) is 16.4. The Morgan fingerprint density at radius 1 is 1.00 bits per heavy atom. The van der Waals surface area contributed by atoms with Gasteiger partial charge in [-0.05, 0) is 42.5 Å². The van der Waals surface area contributed by atoms with Crippen molar-refractivity contribution in [2.24, 2.45) is 0 Å². The van der Waals surface area contributed by atoms with Gasteiger partial charge in [0.1, 0.15) is 5.82 Å².